The number of nitrogens with zero attached hydrogens (tertiary/aromatic N) is 1. The monoisotopic (exact) mass is 332 g/mol. The Balaban J connectivity index is 1.72. The van der Waals surface area contributed by atoms with Crippen LogP contribution in [0.15, 0.2) is 71.8 Å². The van der Waals surface area contributed by atoms with Crippen LogP contribution in [0.2, 0.25) is 0 Å². The zero-order chi connectivity index (χ0) is 17.6. The highest BCUT2D eigenvalue weighted by molar-refractivity contribution is 6.03. The number of carbonyl (C=O) groups excluding carboxylic acids is 1. The van der Waals surface area contributed by atoms with E-state index >= 15 is 0 Å². The molecule has 4 nitrogen and oxygen atoms in total. The van der Waals surface area contributed by atoms with Crippen LogP contribution in [0.1, 0.15) is 29.8 Å². The molecule has 0 heterocycles. The number of carbonyl (C=O) groups is 1. The molecule has 1 N–H and O–H groups in total. The Morgan fingerprint density at radius 3 is 2.36 bits per heavy atom. The third kappa shape index (κ3) is 4.04. The Hall–Kier alpha value is -3.14. The molecule has 0 bridgehead atoms. The molecule has 0 unspecified atom stereocenters. The molecular weight excluding hydrogens is 312 g/mol. The predicted octanol–water partition coefficient (Wildman–Crippen LogP) is 4.39. The van der Waals surface area contributed by atoms with E-state index in [1.54, 1.807) is 24.3 Å². The van der Waals surface area contributed by atoms with E-state index in [1.807, 2.05) is 32.0 Å². The molecule has 3 aromatic rings. The van der Waals surface area contributed by atoms with Crippen molar-refractivity contribution >= 4 is 22.4 Å². The van der Waals surface area contributed by atoms with Crippen LogP contribution in [0.5, 0.6) is 5.75 Å². The zero-order valence-corrected chi connectivity index (χ0v) is 14.3. The highest BCUT2D eigenvalue weighted by atomic mass is 16.5. The smallest absolute Gasteiger partial charge is 0.271 e. The molecule has 0 aliphatic heterocycles. The summed E-state index contributed by atoms with van der Waals surface area (Å²) in [5.74, 6) is 0.498. The van der Waals surface area contributed by atoms with Gasteiger partial charge in [0.05, 0.1) is 12.3 Å². The van der Waals surface area contributed by atoms with Crippen molar-refractivity contribution in [3.05, 3.63) is 77.9 Å². The van der Waals surface area contributed by atoms with E-state index in [2.05, 4.69) is 34.8 Å². The number of rotatable bonds is 5. The van der Waals surface area contributed by atoms with Gasteiger partial charge in [-0.2, -0.15) is 5.10 Å². The fourth-order valence-electron chi connectivity index (χ4n) is 2.55. The Labute approximate surface area is 147 Å². The van der Waals surface area contributed by atoms with Crippen LogP contribution in [-0.2, 0) is 0 Å². The second-order valence-corrected chi connectivity index (χ2v) is 5.66. The second kappa shape index (κ2) is 7.62. The quantitative estimate of drug-likeness (QED) is 0.556. The predicted molar refractivity (Wildman–Crippen MR) is 101 cm³/mol. The second-order valence-electron chi connectivity index (χ2n) is 5.66. The average molecular weight is 332 g/mol. The molecule has 3 aromatic carbocycles. The lowest BCUT2D eigenvalue weighted by molar-refractivity contribution is 0.0955. The first-order valence-electron chi connectivity index (χ1n) is 8.24. The van der Waals surface area contributed by atoms with E-state index in [1.165, 1.54) is 5.39 Å². The van der Waals surface area contributed by atoms with Crippen LogP contribution in [0, 0.1) is 0 Å². The van der Waals surface area contributed by atoms with Crippen molar-refractivity contribution in [3.8, 4) is 5.75 Å². The average Bonchev–Trinajstić information content (AvgIpc) is 2.66. The van der Waals surface area contributed by atoms with Gasteiger partial charge in [0.1, 0.15) is 5.75 Å². The number of hydrogen-bond acceptors (Lipinski definition) is 3. The zero-order valence-electron chi connectivity index (χ0n) is 14.3. The Morgan fingerprint density at radius 2 is 1.64 bits per heavy atom. The van der Waals surface area contributed by atoms with E-state index in [0.29, 0.717) is 12.2 Å². The molecule has 25 heavy (non-hydrogen) atoms. The maximum Gasteiger partial charge on any atom is 0.271 e. The van der Waals surface area contributed by atoms with Crippen molar-refractivity contribution < 1.29 is 9.53 Å². The van der Waals surface area contributed by atoms with Crippen molar-refractivity contribution in [2.45, 2.75) is 13.8 Å². The number of amides is 1. The Morgan fingerprint density at radius 1 is 0.960 bits per heavy atom. The molecule has 1 amide bonds. The molecule has 0 aromatic heterocycles. The molecule has 0 fully saturated rings. The summed E-state index contributed by atoms with van der Waals surface area (Å²) in [6.45, 7) is 4.40. The van der Waals surface area contributed by atoms with Crippen LogP contribution in [-0.4, -0.2) is 18.2 Å². The molecule has 0 aliphatic carbocycles. The van der Waals surface area contributed by atoms with Gasteiger partial charge in [0.25, 0.3) is 5.91 Å². The van der Waals surface area contributed by atoms with Gasteiger partial charge in [0.15, 0.2) is 0 Å². The molecule has 0 atom stereocenters. The molecule has 0 saturated heterocycles. The van der Waals surface area contributed by atoms with Crippen LogP contribution in [0.4, 0.5) is 0 Å². The SMILES string of the molecule is CCOc1ccc(C(=O)N/N=C(\C)c2ccc3ccccc3c2)cc1. The minimum atomic E-state index is -0.247. The van der Waals surface area contributed by atoms with E-state index in [0.717, 1.165) is 22.4 Å². The van der Waals surface area contributed by atoms with Crippen molar-refractivity contribution in [1.29, 1.82) is 0 Å². The highest BCUT2D eigenvalue weighted by Gasteiger charge is 2.06. The van der Waals surface area contributed by atoms with E-state index < -0.39 is 0 Å². The number of fused-ring (bicyclic) bond motifs is 1. The Bertz CT molecular complexity index is 915. The summed E-state index contributed by atoms with van der Waals surface area (Å²) < 4.78 is 5.37. The summed E-state index contributed by atoms with van der Waals surface area (Å²) in [5.41, 5.74) is 4.88. The molecule has 0 aliphatic rings. The number of ether oxygens (including phenoxy) is 1. The third-order valence-corrected chi connectivity index (χ3v) is 3.92. The van der Waals surface area contributed by atoms with E-state index in [9.17, 15) is 4.79 Å². The summed E-state index contributed by atoms with van der Waals surface area (Å²) in [7, 11) is 0. The minimum Gasteiger partial charge on any atom is -0.494 e. The first-order chi connectivity index (χ1) is 12.2. The fraction of sp³-hybridized carbons (Fsp3) is 0.143. The molecule has 3 rings (SSSR count). The van der Waals surface area contributed by atoms with Gasteiger partial charge in [-0.15, -0.1) is 0 Å². The number of hydrogen-bond donors (Lipinski definition) is 1. The summed E-state index contributed by atoms with van der Waals surface area (Å²) in [5, 5.41) is 6.55. The number of nitrogens with one attached hydrogen (secondary N) is 1. The lowest BCUT2D eigenvalue weighted by Crippen LogP contribution is -2.19. The van der Waals surface area contributed by atoms with Gasteiger partial charge in [-0.25, -0.2) is 5.43 Å². The van der Waals surface area contributed by atoms with Crippen molar-refractivity contribution in [3.63, 3.8) is 0 Å². The first kappa shape index (κ1) is 16.7. The minimum absolute atomic E-state index is 0.247. The van der Waals surface area contributed by atoms with Crippen molar-refractivity contribution in [2.75, 3.05) is 6.61 Å². The highest BCUT2D eigenvalue weighted by Crippen LogP contribution is 2.16. The molecule has 4 heteroatoms. The van der Waals surface area contributed by atoms with Gasteiger partial charge in [0, 0.05) is 5.56 Å². The standard InChI is InChI=1S/C21H20N2O2/c1-3-25-20-12-10-17(11-13-20)21(24)23-22-15(2)18-9-8-16-6-4-5-7-19(16)14-18/h4-14H,3H2,1-2H3,(H,23,24)/b22-15+. The fourth-order valence-corrected chi connectivity index (χ4v) is 2.55. The lowest BCUT2D eigenvalue weighted by atomic mass is 10.0. The lowest BCUT2D eigenvalue weighted by Gasteiger charge is -2.06. The molecule has 0 radical (unpaired) electrons. The van der Waals surface area contributed by atoms with Gasteiger partial charge >= 0.3 is 0 Å². The summed E-state index contributed by atoms with van der Waals surface area (Å²) >= 11 is 0. The number of hydrazone groups is 1. The number of benzene rings is 3. The van der Waals surface area contributed by atoms with Crippen molar-refractivity contribution in [2.24, 2.45) is 5.10 Å². The maximum atomic E-state index is 12.2. The summed E-state index contributed by atoms with van der Waals surface area (Å²) in [6.07, 6.45) is 0. The topological polar surface area (TPSA) is 50.7 Å². The van der Waals surface area contributed by atoms with Crippen molar-refractivity contribution in [1.82, 2.24) is 5.43 Å². The van der Waals surface area contributed by atoms with Gasteiger partial charge in [-0.1, -0.05) is 36.4 Å². The molecule has 126 valence electrons. The van der Waals surface area contributed by atoms with Gasteiger partial charge in [-0.05, 0) is 60.5 Å². The molecular formula is C21H20N2O2. The van der Waals surface area contributed by atoms with Gasteiger partial charge in [0.2, 0.25) is 0 Å². The van der Waals surface area contributed by atoms with Gasteiger partial charge < -0.3 is 4.74 Å². The molecule has 0 spiro atoms. The van der Waals surface area contributed by atoms with E-state index in [4.69, 9.17) is 4.74 Å². The maximum absolute atomic E-state index is 12.2. The first-order valence-corrected chi connectivity index (χ1v) is 8.24. The Kier molecular flexibility index (Phi) is 5.09. The van der Waals surface area contributed by atoms with Crippen LogP contribution >= 0.6 is 0 Å². The largest absolute Gasteiger partial charge is 0.494 e. The van der Waals surface area contributed by atoms with Gasteiger partial charge in [-0.3, -0.25) is 4.79 Å². The van der Waals surface area contributed by atoms with Crippen LogP contribution in [0.25, 0.3) is 10.8 Å². The van der Waals surface area contributed by atoms with Crippen LogP contribution < -0.4 is 10.2 Å². The van der Waals surface area contributed by atoms with E-state index in [-0.39, 0.29) is 5.91 Å². The summed E-state index contributed by atoms with van der Waals surface area (Å²) in [4.78, 5) is 12.2. The normalized spacial score (nSPS) is 11.4. The third-order valence-electron chi connectivity index (χ3n) is 3.92. The molecule has 0 saturated carbocycles. The van der Waals surface area contributed by atoms with Crippen LogP contribution in [0.3, 0.4) is 0 Å². The summed E-state index contributed by atoms with van der Waals surface area (Å²) in [6, 6.07) is 21.3.